The highest BCUT2D eigenvalue weighted by molar-refractivity contribution is 8.15. The number of nitrogens with one attached hydrogen (secondary N) is 2. The van der Waals surface area contributed by atoms with Crippen molar-refractivity contribution in [2.45, 2.75) is 17.8 Å². The molecule has 1 amide bonds. The molecule has 0 atom stereocenters. The van der Waals surface area contributed by atoms with E-state index in [9.17, 15) is 4.79 Å². The number of nitrogens with zero attached hydrogens (tertiary/aromatic N) is 4. The third-order valence-corrected chi connectivity index (χ3v) is 4.94. The quantitative estimate of drug-likeness (QED) is 0.454. The summed E-state index contributed by atoms with van der Waals surface area (Å²) in [7, 11) is 1.64. The highest BCUT2D eigenvalue weighted by Crippen LogP contribution is 2.27. The zero-order chi connectivity index (χ0) is 17.6. The summed E-state index contributed by atoms with van der Waals surface area (Å²) in [5.41, 5.74) is 1.90. The molecule has 25 heavy (non-hydrogen) atoms. The van der Waals surface area contributed by atoms with Crippen molar-refractivity contribution in [3.8, 4) is 5.75 Å². The molecular weight excluding hydrogens is 360 g/mol. The third kappa shape index (κ3) is 4.83. The van der Waals surface area contributed by atoms with E-state index in [4.69, 9.17) is 4.74 Å². The summed E-state index contributed by atoms with van der Waals surface area (Å²) in [6.07, 6.45) is 1.64. The number of hydrogen-bond donors (Lipinski definition) is 2. The number of methoxy groups -OCH3 is 1. The molecule has 1 aromatic heterocycles. The molecule has 0 bridgehead atoms. The summed E-state index contributed by atoms with van der Waals surface area (Å²) < 4.78 is 5.41. The van der Waals surface area contributed by atoms with E-state index in [2.05, 4.69) is 30.7 Å². The zero-order valence-corrected chi connectivity index (χ0v) is 15.3. The number of amidine groups is 1. The van der Waals surface area contributed by atoms with Crippen LogP contribution in [-0.2, 0) is 10.5 Å². The van der Waals surface area contributed by atoms with Gasteiger partial charge in [0.2, 0.25) is 11.1 Å². The summed E-state index contributed by atoms with van der Waals surface area (Å²) in [4.78, 5) is 15.4. The third-order valence-electron chi connectivity index (χ3n) is 3.18. The Morgan fingerprint density at radius 3 is 3.04 bits per heavy atom. The fraction of sp³-hybridized carbons (Fsp3) is 0.267. The van der Waals surface area contributed by atoms with Crippen LogP contribution < -0.4 is 10.1 Å². The lowest BCUT2D eigenvalue weighted by Crippen LogP contribution is -2.19. The van der Waals surface area contributed by atoms with Crippen LogP contribution in [-0.4, -0.2) is 45.3 Å². The molecule has 1 aromatic carbocycles. The first-order chi connectivity index (χ1) is 12.1. The Kier molecular flexibility index (Phi) is 5.71. The number of aryl methyl sites for hydroxylation is 1. The highest BCUT2D eigenvalue weighted by Gasteiger charge is 2.16. The summed E-state index contributed by atoms with van der Waals surface area (Å²) in [6.45, 7) is 1.86. The van der Waals surface area contributed by atoms with E-state index in [1.54, 1.807) is 13.3 Å². The van der Waals surface area contributed by atoms with E-state index < -0.39 is 0 Å². The van der Waals surface area contributed by atoms with E-state index in [0.717, 1.165) is 22.7 Å². The molecule has 8 nitrogen and oxygen atoms in total. The predicted octanol–water partition coefficient (Wildman–Crippen LogP) is 1.97. The lowest BCUT2D eigenvalue weighted by atomic mass is 10.1. The van der Waals surface area contributed by atoms with Gasteiger partial charge in [-0.05, 0) is 30.7 Å². The van der Waals surface area contributed by atoms with Crippen molar-refractivity contribution in [3.63, 3.8) is 0 Å². The number of aromatic nitrogens is 3. The minimum Gasteiger partial charge on any atom is -0.496 e. The number of aromatic amines is 1. The standard InChI is InChI=1S/C15H16N6O2S2/c1-9-17-14(21-19-9)24-7-11-5-10(3-4-12(11)23-2)6-16-20-15-18-13(22)8-25-15/h3-6H,7-8H2,1-2H3,(H,17,19,21)(H,18,20,22). The van der Waals surface area contributed by atoms with E-state index in [1.165, 1.54) is 23.5 Å². The molecule has 3 rings (SSSR count). The molecule has 0 aliphatic carbocycles. The van der Waals surface area contributed by atoms with Crippen LogP contribution >= 0.6 is 23.5 Å². The van der Waals surface area contributed by atoms with Gasteiger partial charge in [-0.1, -0.05) is 23.5 Å². The molecule has 0 radical (unpaired) electrons. The van der Waals surface area contributed by atoms with Gasteiger partial charge in [0.15, 0.2) is 5.17 Å². The summed E-state index contributed by atoms with van der Waals surface area (Å²) in [6, 6.07) is 5.77. The number of carbonyl (C=O) groups excluding carboxylic acids is 1. The molecule has 0 unspecified atom stereocenters. The Hall–Kier alpha value is -2.33. The molecule has 1 aliphatic rings. The van der Waals surface area contributed by atoms with Gasteiger partial charge in [-0.25, -0.2) is 4.98 Å². The Morgan fingerprint density at radius 1 is 1.48 bits per heavy atom. The van der Waals surface area contributed by atoms with Crippen molar-refractivity contribution in [2.24, 2.45) is 10.2 Å². The van der Waals surface area contributed by atoms with E-state index >= 15 is 0 Å². The van der Waals surface area contributed by atoms with Gasteiger partial charge in [0.05, 0.1) is 19.1 Å². The Balaban J connectivity index is 1.69. The maximum absolute atomic E-state index is 11.1. The van der Waals surface area contributed by atoms with Crippen molar-refractivity contribution in [1.29, 1.82) is 0 Å². The number of hydrogen-bond acceptors (Lipinski definition) is 8. The van der Waals surface area contributed by atoms with Crippen LogP contribution in [0.4, 0.5) is 0 Å². The number of thioether (sulfide) groups is 2. The lowest BCUT2D eigenvalue weighted by molar-refractivity contribution is -0.116. The number of rotatable bonds is 6. The molecule has 0 saturated carbocycles. The predicted molar refractivity (Wildman–Crippen MR) is 99.3 cm³/mol. The van der Waals surface area contributed by atoms with Gasteiger partial charge in [0.25, 0.3) is 0 Å². The van der Waals surface area contributed by atoms with Gasteiger partial charge in [-0.15, -0.1) is 10.2 Å². The largest absolute Gasteiger partial charge is 0.496 e. The fourth-order valence-electron chi connectivity index (χ4n) is 2.05. The number of benzene rings is 1. The molecule has 2 heterocycles. The van der Waals surface area contributed by atoms with Crippen LogP contribution in [0.5, 0.6) is 5.75 Å². The molecule has 130 valence electrons. The second kappa shape index (κ2) is 8.17. The van der Waals surface area contributed by atoms with Crippen molar-refractivity contribution < 1.29 is 9.53 Å². The maximum atomic E-state index is 11.1. The van der Waals surface area contributed by atoms with Crippen LogP contribution in [0.15, 0.2) is 33.6 Å². The molecular formula is C15H16N6O2S2. The first-order valence-corrected chi connectivity index (χ1v) is 9.33. The lowest BCUT2D eigenvalue weighted by Gasteiger charge is -2.08. The van der Waals surface area contributed by atoms with Gasteiger partial charge in [-0.2, -0.15) is 5.10 Å². The summed E-state index contributed by atoms with van der Waals surface area (Å²) in [5, 5.41) is 18.8. The van der Waals surface area contributed by atoms with Gasteiger partial charge in [-0.3, -0.25) is 9.89 Å². The SMILES string of the molecule is COc1ccc(C=NN=C2NC(=O)CS2)cc1CSc1n[nH]c(C)n1. The van der Waals surface area contributed by atoms with Crippen molar-refractivity contribution in [2.75, 3.05) is 12.9 Å². The van der Waals surface area contributed by atoms with Crippen LogP contribution in [0.3, 0.4) is 0 Å². The van der Waals surface area contributed by atoms with Crippen molar-refractivity contribution >= 4 is 40.8 Å². The fourth-order valence-corrected chi connectivity index (χ4v) is 3.50. The van der Waals surface area contributed by atoms with Crippen molar-refractivity contribution in [3.05, 3.63) is 35.2 Å². The van der Waals surface area contributed by atoms with Crippen LogP contribution in [0.1, 0.15) is 17.0 Å². The summed E-state index contributed by atoms with van der Waals surface area (Å²) >= 11 is 2.86. The maximum Gasteiger partial charge on any atom is 0.236 e. The number of amides is 1. The van der Waals surface area contributed by atoms with Gasteiger partial charge >= 0.3 is 0 Å². The van der Waals surface area contributed by atoms with Crippen LogP contribution in [0.25, 0.3) is 0 Å². The molecule has 1 saturated heterocycles. The van der Waals surface area contributed by atoms with E-state index in [0.29, 0.717) is 21.8 Å². The first-order valence-electron chi connectivity index (χ1n) is 7.36. The van der Waals surface area contributed by atoms with Gasteiger partial charge < -0.3 is 10.1 Å². The molecule has 1 aliphatic heterocycles. The average molecular weight is 376 g/mol. The van der Waals surface area contributed by atoms with Gasteiger partial charge in [0.1, 0.15) is 11.6 Å². The minimum atomic E-state index is -0.0510. The van der Waals surface area contributed by atoms with Gasteiger partial charge in [0, 0.05) is 11.3 Å². The number of ether oxygens (including phenoxy) is 1. The normalized spacial score (nSPS) is 15.9. The van der Waals surface area contributed by atoms with Crippen LogP contribution in [0.2, 0.25) is 0 Å². The van der Waals surface area contributed by atoms with Crippen molar-refractivity contribution in [1.82, 2.24) is 20.5 Å². The van der Waals surface area contributed by atoms with E-state index in [-0.39, 0.29) is 5.91 Å². The number of H-pyrrole nitrogens is 1. The molecule has 2 aromatic rings. The topological polar surface area (TPSA) is 105 Å². The first kappa shape index (κ1) is 17.5. The van der Waals surface area contributed by atoms with E-state index in [1.807, 2.05) is 25.1 Å². The average Bonchev–Trinajstić information content (AvgIpc) is 3.21. The Morgan fingerprint density at radius 2 is 2.36 bits per heavy atom. The molecule has 0 spiro atoms. The second-order valence-corrected chi connectivity index (χ2v) is 6.96. The Bertz CT molecular complexity index is 833. The molecule has 1 fully saturated rings. The summed E-state index contributed by atoms with van der Waals surface area (Å²) in [5.74, 6) is 2.58. The smallest absolute Gasteiger partial charge is 0.236 e. The monoisotopic (exact) mass is 376 g/mol. The number of carbonyl (C=O) groups is 1. The molecule has 2 N–H and O–H groups in total. The highest BCUT2D eigenvalue weighted by atomic mass is 32.2. The second-order valence-electron chi connectivity index (χ2n) is 5.05. The Labute approximate surface area is 152 Å². The zero-order valence-electron chi connectivity index (χ0n) is 13.6. The molecule has 10 heteroatoms. The minimum absolute atomic E-state index is 0.0510. The van der Waals surface area contributed by atoms with Crippen LogP contribution in [0, 0.1) is 6.92 Å².